The molecule has 2 heterocycles. The van der Waals surface area contributed by atoms with E-state index >= 15 is 0 Å². The number of amides is 1. The van der Waals surface area contributed by atoms with Crippen molar-refractivity contribution in [2.45, 2.75) is 6.04 Å². The van der Waals surface area contributed by atoms with Crippen LogP contribution in [0, 0.1) is 5.82 Å². The average molecular weight is 319 g/mol. The third-order valence-corrected chi connectivity index (χ3v) is 3.56. The number of carboxylic acid groups (broad SMARTS) is 1. The van der Waals surface area contributed by atoms with Crippen LogP contribution in [0.1, 0.15) is 10.5 Å². The molecule has 1 aliphatic rings. The minimum Gasteiger partial charge on any atom is -0.480 e. The van der Waals surface area contributed by atoms with E-state index in [1.54, 1.807) is 6.07 Å². The molecule has 0 spiro atoms. The zero-order valence-corrected chi connectivity index (χ0v) is 12.1. The molecule has 23 heavy (non-hydrogen) atoms. The zero-order chi connectivity index (χ0) is 16.4. The van der Waals surface area contributed by atoms with Gasteiger partial charge in [-0.2, -0.15) is 5.10 Å². The minimum atomic E-state index is -1.12. The van der Waals surface area contributed by atoms with E-state index < -0.39 is 23.7 Å². The quantitative estimate of drug-likeness (QED) is 0.910. The highest BCUT2D eigenvalue weighted by molar-refractivity contribution is 5.95. The van der Waals surface area contributed by atoms with Gasteiger partial charge < -0.3 is 14.7 Å². The Hall–Kier alpha value is -2.74. The fraction of sp³-hybridized carbons (Fsp3) is 0.267. The highest BCUT2D eigenvalue weighted by atomic mass is 19.1. The van der Waals surface area contributed by atoms with Gasteiger partial charge in [0.05, 0.1) is 18.9 Å². The van der Waals surface area contributed by atoms with Crippen LogP contribution in [-0.2, 0) is 9.53 Å². The van der Waals surface area contributed by atoms with Crippen LogP contribution >= 0.6 is 0 Å². The lowest BCUT2D eigenvalue weighted by atomic mass is 10.2. The predicted octanol–water partition coefficient (Wildman–Crippen LogP) is 0.937. The van der Waals surface area contributed by atoms with Crippen LogP contribution in [0.5, 0.6) is 0 Å². The van der Waals surface area contributed by atoms with Crippen LogP contribution in [0.3, 0.4) is 0 Å². The second-order valence-electron chi connectivity index (χ2n) is 5.05. The molecule has 1 atom stereocenters. The molecule has 1 N–H and O–H groups in total. The Morgan fingerprint density at radius 3 is 2.91 bits per heavy atom. The van der Waals surface area contributed by atoms with Crippen molar-refractivity contribution >= 4 is 11.9 Å². The lowest BCUT2D eigenvalue weighted by Crippen LogP contribution is -2.52. The fourth-order valence-corrected chi connectivity index (χ4v) is 2.40. The molecule has 0 aliphatic carbocycles. The first kappa shape index (κ1) is 15.2. The highest BCUT2D eigenvalue weighted by Crippen LogP contribution is 2.14. The summed E-state index contributed by atoms with van der Waals surface area (Å²) >= 11 is 0. The largest absolute Gasteiger partial charge is 0.480 e. The lowest BCUT2D eigenvalue weighted by molar-refractivity contribution is -0.147. The van der Waals surface area contributed by atoms with E-state index in [-0.39, 0.29) is 25.5 Å². The Morgan fingerprint density at radius 2 is 2.17 bits per heavy atom. The number of morpholine rings is 1. The number of benzene rings is 1. The number of rotatable bonds is 3. The molecule has 1 fully saturated rings. The van der Waals surface area contributed by atoms with E-state index in [0.29, 0.717) is 5.69 Å². The number of halogens is 1. The van der Waals surface area contributed by atoms with E-state index in [2.05, 4.69) is 5.10 Å². The topological polar surface area (TPSA) is 84.7 Å². The molecule has 1 aromatic carbocycles. The first-order chi connectivity index (χ1) is 11.1. The van der Waals surface area contributed by atoms with Crippen molar-refractivity contribution < 1.29 is 23.8 Å². The van der Waals surface area contributed by atoms with Crippen LogP contribution in [0.2, 0.25) is 0 Å². The molecule has 0 unspecified atom stereocenters. The number of aliphatic carboxylic acids is 1. The van der Waals surface area contributed by atoms with Crippen molar-refractivity contribution in [3.05, 3.63) is 48.0 Å². The zero-order valence-electron chi connectivity index (χ0n) is 12.1. The number of hydrogen-bond acceptors (Lipinski definition) is 4. The van der Waals surface area contributed by atoms with Crippen LogP contribution in [0.25, 0.3) is 5.69 Å². The normalized spacial score (nSPS) is 18.0. The first-order valence-corrected chi connectivity index (χ1v) is 6.99. The summed E-state index contributed by atoms with van der Waals surface area (Å²) in [6.07, 6.45) is 1.53. The van der Waals surface area contributed by atoms with Crippen LogP contribution in [0.4, 0.5) is 4.39 Å². The van der Waals surface area contributed by atoms with Crippen molar-refractivity contribution in [3.8, 4) is 5.69 Å². The Morgan fingerprint density at radius 1 is 1.35 bits per heavy atom. The van der Waals surface area contributed by atoms with E-state index in [4.69, 9.17) is 4.74 Å². The standard InChI is InChI=1S/C15H14FN3O4/c16-10-2-1-3-11(8-10)19-5-4-12(17-19)14(20)18-6-7-23-9-13(18)15(21)22/h1-5,8,13H,6-7,9H2,(H,21,22)/t13-/m0/s1. The molecule has 3 rings (SSSR count). The number of nitrogens with zero attached hydrogens (tertiary/aromatic N) is 3. The Kier molecular flexibility index (Phi) is 4.07. The predicted molar refractivity (Wildman–Crippen MR) is 76.8 cm³/mol. The molecule has 1 amide bonds. The molecule has 120 valence electrons. The van der Waals surface area contributed by atoms with Gasteiger partial charge in [-0.25, -0.2) is 13.9 Å². The second kappa shape index (κ2) is 6.17. The highest BCUT2D eigenvalue weighted by Gasteiger charge is 2.34. The van der Waals surface area contributed by atoms with E-state index in [0.717, 1.165) is 0 Å². The summed E-state index contributed by atoms with van der Waals surface area (Å²) in [6.45, 7) is 0.411. The summed E-state index contributed by atoms with van der Waals surface area (Å²) in [5.41, 5.74) is 0.572. The number of hydrogen-bond donors (Lipinski definition) is 1. The molecule has 1 aliphatic heterocycles. The molecule has 7 nitrogen and oxygen atoms in total. The van der Waals surface area contributed by atoms with Crippen LogP contribution in [-0.4, -0.2) is 57.5 Å². The fourth-order valence-electron chi connectivity index (χ4n) is 2.40. The maximum absolute atomic E-state index is 13.3. The summed E-state index contributed by atoms with van der Waals surface area (Å²) in [6, 6.07) is 6.23. The van der Waals surface area contributed by atoms with Gasteiger partial charge in [-0.3, -0.25) is 4.79 Å². The summed E-state index contributed by atoms with van der Waals surface area (Å²) < 4.78 is 19.7. The number of carbonyl (C=O) groups excluding carboxylic acids is 1. The first-order valence-electron chi connectivity index (χ1n) is 6.99. The minimum absolute atomic E-state index is 0.0499. The SMILES string of the molecule is O=C(O)[C@@H]1COCCN1C(=O)c1ccn(-c2cccc(F)c2)n1. The smallest absolute Gasteiger partial charge is 0.328 e. The van der Waals surface area contributed by atoms with Crippen molar-refractivity contribution in [1.82, 2.24) is 14.7 Å². The van der Waals surface area contributed by atoms with Gasteiger partial charge in [0.1, 0.15) is 5.82 Å². The van der Waals surface area contributed by atoms with Crippen molar-refractivity contribution in [3.63, 3.8) is 0 Å². The maximum atomic E-state index is 13.3. The molecule has 1 aromatic heterocycles. The van der Waals surface area contributed by atoms with Gasteiger partial charge >= 0.3 is 5.97 Å². The monoisotopic (exact) mass is 319 g/mol. The van der Waals surface area contributed by atoms with Gasteiger partial charge in [0.2, 0.25) is 0 Å². The number of carboxylic acids is 1. The molecular weight excluding hydrogens is 305 g/mol. The Balaban J connectivity index is 1.84. The van der Waals surface area contributed by atoms with Gasteiger partial charge in [-0.05, 0) is 24.3 Å². The number of aromatic nitrogens is 2. The van der Waals surface area contributed by atoms with Crippen molar-refractivity contribution in [2.24, 2.45) is 0 Å². The molecule has 0 radical (unpaired) electrons. The third-order valence-electron chi connectivity index (χ3n) is 3.56. The van der Waals surface area contributed by atoms with Gasteiger partial charge in [0.25, 0.3) is 5.91 Å². The van der Waals surface area contributed by atoms with E-state index in [1.807, 2.05) is 0 Å². The van der Waals surface area contributed by atoms with Gasteiger partial charge in [-0.15, -0.1) is 0 Å². The summed E-state index contributed by atoms with van der Waals surface area (Å²) in [4.78, 5) is 24.9. The van der Waals surface area contributed by atoms with E-state index in [9.17, 15) is 19.1 Å². The molecule has 1 saturated heterocycles. The van der Waals surface area contributed by atoms with E-state index in [1.165, 1.54) is 40.0 Å². The maximum Gasteiger partial charge on any atom is 0.328 e. The van der Waals surface area contributed by atoms with Gasteiger partial charge in [-0.1, -0.05) is 6.07 Å². The Labute approximate surface area is 130 Å². The number of carbonyl (C=O) groups is 2. The molecule has 2 aromatic rings. The number of ether oxygens (including phenoxy) is 1. The van der Waals surface area contributed by atoms with Crippen LogP contribution in [0.15, 0.2) is 36.5 Å². The Bertz CT molecular complexity index is 746. The lowest BCUT2D eigenvalue weighted by Gasteiger charge is -2.32. The second-order valence-corrected chi connectivity index (χ2v) is 5.05. The summed E-state index contributed by atoms with van der Waals surface area (Å²) in [7, 11) is 0. The van der Waals surface area contributed by atoms with Crippen molar-refractivity contribution in [1.29, 1.82) is 0 Å². The summed E-state index contributed by atoms with van der Waals surface area (Å²) in [5, 5.41) is 13.3. The van der Waals surface area contributed by atoms with Crippen LogP contribution < -0.4 is 0 Å². The molecule has 8 heteroatoms. The average Bonchev–Trinajstić information content (AvgIpc) is 3.04. The summed E-state index contributed by atoms with van der Waals surface area (Å²) in [5.74, 6) is -2.02. The molecular formula is C15H14FN3O4. The third kappa shape index (κ3) is 3.07. The van der Waals surface area contributed by atoms with Crippen molar-refractivity contribution in [2.75, 3.05) is 19.8 Å². The molecule has 0 saturated carbocycles. The van der Waals surface area contributed by atoms with Gasteiger partial charge in [0, 0.05) is 12.7 Å². The molecule has 0 bridgehead atoms. The van der Waals surface area contributed by atoms with Gasteiger partial charge in [0.15, 0.2) is 11.7 Å².